The van der Waals surface area contributed by atoms with Gasteiger partial charge in [-0.05, 0) is 12.1 Å². The number of likely N-dealkylation sites (N-methyl/N-ethyl adjacent to an activating group) is 1. The molecule has 0 amide bonds. The van der Waals surface area contributed by atoms with Crippen LogP contribution in [-0.4, -0.2) is 34.1 Å². The Morgan fingerprint density at radius 3 is 2.21 bits per heavy atom. The van der Waals surface area contributed by atoms with Gasteiger partial charge in [0.1, 0.15) is 0 Å². The zero-order valence-corrected chi connectivity index (χ0v) is 8.93. The van der Waals surface area contributed by atoms with E-state index in [1.54, 1.807) is 14.2 Å². The minimum atomic E-state index is -0.180. The molecule has 0 aromatic heterocycles. The molecule has 0 aliphatic carbocycles. The highest BCUT2D eigenvalue weighted by molar-refractivity contribution is 5.44. The molecule has 0 bridgehead atoms. The van der Waals surface area contributed by atoms with Gasteiger partial charge >= 0.3 is 0 Å². The summed E-state index contributed by atoms with van der Waals surface area (Å²) in [5.74, 6) is 0. The summed E-state index contributed by atoms with van der Waals surface area (Å²) in [5, 5.41) is 0. The fourth-order valence-electron chi connectivity index (χ4n) is 1.26. The van der Waals surface area contributed by atoms with E-state index >= 15 is 0 Å². The van der Waals surface area contributed by atoms with Crippen LogP contribution in [0.4, 0.5) is 5.69 Å². The number of anilines is 1. The van der Waals surface area contributed by atoms with Crippen LogP contribution in [0.1, 0.15) is 0 Å². The minimum Gasteiger partial charge on any atom is -0.369 e. The van der Waals surface area contributed by atoms with Gasteiger partial charge in [-0.1, -0.05) is 18.2 Å². The normalized spacial score (nSPS) is 10.6. The molecule has 3 heteroatoms. The third kappa shape index (κ3) is 3.01. The van der Waals surface area contributed by atoms with Crippen molar-refractivity contribution in [2.75, 3.05) is 32.7 Å². The van der Waals surface area contributed by atoms with Crippen LogP contribution in [0.15, 0.2) is 30.3 Å². The topological polar surface area (TPSA) is 21.7 Å². The van der Waals surface area contributed by atoms with Crippen molar-refractivity contribution >= 4 is 5.69 Å². The van der Waals surface area contributed by atoms with Crippen molar-refractivity contribution in [2.24, 2.45) is 0 Å². The van der Waals surface area contributed by atoms with Crippen LogP contribution < -0.4 is 4.90 Å². The highest BCUT2D eigenvalue weighted by Crippen LogP contribution is 2.11. The minimum absolute atomic E-state index is 0.180. The van der Waals surface area contributed by atoms with Gasteiger partial charge in [-0.15, -0.1) is 0 Å². The molecule has 0 aliphatic heterocycles. The number of methoxy groups -OCH3 is 2. The Labute approximate surface area is 85.2 Å². The molecule has 1 rings (SSSR count). The summed E-state index contributed by atoms with van der Waals surface area (Å²) in [7, 11) is 5.31. The first-order valence-electron chi connectivity index (χ1n) is 4.59. The van der Waals surface area contributed by atoms with Gasteiger partial charge in [-0.3, -0.25) is 0 Å². The van der Waals surface area contributed by atoms with Crippen molar-refractivity contribution in [3.63, 3.8) is 0 Å². The smallest absolute Gasteiger partial charge is 0.174 e. The Hall–Kier alpha value is -1.06. The molecule has 0 atom stereocenters. The first-order valence-corrected chi connectivity index (χ1v) is 4.59. The van der Waals surface area contributed by atoms with Crippen LogP contribution >= 0.6 is 0 Å². The van der Waals surface area contributed by atoms with Gasteiger partial charge in [-0.25, -0.2) is 0 Å². The lowest BCUT2D eigenvalue weighted by Crippen LogP contribution is -2.31. The standard InChI is InChI=1S/C11H17NO2/c1-12(9-11(13-2)14-3)10-7-5-4-6-8-10/h4-8,11H,9H2,1-3H3. The summed E-state index contributed by atoms with van der Waals surface area (Å²) in [5.41, 5.74) is 1.16. The van der Waals surface area contributed by atoms with Crippen molar-refractivity contribution in [2.45, 2.75) is 6.29 Å². The Morgan fingerprint density at radius 1 is 1.14 bits per heavy atom. The molecule has 0 radical (unpaired) electrons. The summed E-state index contributed by atoms with van der Waals surface area (Å²) in [6, 6.07) is 10.1. The van der Waals surface area contributed by atoms with E-state index in [-0.39, 0.29) is 6.29 Å². The van der Waals surface area contributed by atoms with Crippen molar-refractivity contribution < 1.29 is 9.47 Å². The van der Waals surface area contributed by atoms with E-state index in [1.165, 1.54) is 0 Å². The van der Waals surface area contributed by atoms with Gasteiger partial charge in [0.15, 0.2) is 6.29 Å². The molecular formula is C11H17NO2. The Kier molecular flexibility index (Phi) is 4.43. The lowest BCUT2D eigenvalue weighted by molar-refractivity contribution is -0.0944. The average molecular weight is 195 g/mol. The molecule has 0 fully saturated rings. The van der Waals surface area contributed by atoms with E-state index in [1.807, 2.05) is 25.2 Å². The van der Waals surface area contributed by atoms with E-state index in [0.29, 0.717) is 0 Å². The first-order chi connectivity index (χ1) is 6.77. The maximum Gasteiger partial charge on any atom is 0.174 e. The number of ether oxygens (including phenoxy) is 2. The van der Waals surface area contributed by atoms with E-state index < -0.39 is 0 Å². The van der Waals surface area contributed by atoms with E-state index in [9.17, 15) is 0 Å². The summed E-state index contributed by atoms with van der Waals surface area (Å²) in [4.78, 5) is 2.09. The quantitative estimate of drug-likeness (QED) is 0.668. The Bertz CT molecular complexity index is 247. The Morgan fingerprint density at radius 2 is 1.71 bits per heavy atom. The molecule has 0 saturated carbocycles. The molecule has 0 unspecified atom stereocenters. The predicted molar refractivity (Wildman–Crippen MR) is 57.5 cm³/mol. The fourth-order valence-corrected chi connectivity index (χ4v) is 1.26. The number of para-hydroxylation sites is 1. The molecule has 1 aromatic carbocycles. The second-order valence-electron chi connectivity index (χ2n) is 3.12. The van der Waals surface area contributed by atoms with Crippen LogP contribution in [0.25, 0.3) is 0 Å². The molecule has 0 N–H and O–H groups in total. The number of hydrogen-bond acceptors (Lipinski definition) is 3. The lowest BCUT2D eigenvalue weighted by Gasteiger charge is -2.23. The van der Waals surface area contributed by atoms with Crippen LogP contribution in [0.3, 0.4) is 0 Å². The highest BCUT2D eigenvalue weighted by atomic mass is 16.7. The van der Waals surface area contributed by atoms with Crippen LogP contribution in [-0.2, 0) is 9.47 Å². The van der Waals surface area contributed by atoms with Gasteiger partial charge in [0.05, 0.1) is 6.54 Å². The average Bonchev–Trinajstić information content (AvgIpc) is 2.26. The molecule has 0 heterocycles. The van der Waals surface area contributed by atoms with Crippen molar-refractivity contribution in [1.82, 2.24) is 0 Å². The van der Waals surface area contributed by atoms with Gasteiger partial charge in [0.25, 0.3) is 0 Å². The number of benzene rings is 1. The number of nitrogens with zero attached hydrogens (tertiary/aromatic N) is 1. The van der Waals surface area contributed by atoms with Crippen LogP contribution in [0, 0.1) is 0 Å². The van der Waals surface area contributed by atoms with E-state index in [2.05, 4.69) is 17.0 Å². The number of rotatable bonds is 5. The summed E-state index contributed by atoms with van der Waals surface area (Å²) in [6.07, 6.45) is -0.180. The highest BCUT2D eigenvalue weighted by Gasteiger charge is 2.08. The van der Waals surface area contributed by atoms with Crippen LogP contribution in [0.5, 0.6) is 0 Å². The molecule has 1 aromatic rings. The summed E-state index contributed by atoms with van der Waals surface area (Å²) >= 11 is 0. The molecule has 3 nitrogen and oxygen atoms in total. The molecule has 14 heavy (non-hydrogen) atoms. The third-order valence-electron chi connectivity index (χ3n) is 2.15. The maximum absolute atomic E-state index is 5.13. The van der Waals surface area contributed by atoms with Crippen molar-refractivity contribution in [1.29, 1.82) is 0 Å². The van der Waals surface area contributed by atoms with Gasteiger partial charge in [0.2, 0.25) is 0 Å². The summed E-state index contributed by atoms with van der Waals surface area (Å²) < 4.78 is 10.3. The van der Waals surface area contributed by atoms with Crippen molar-refractivity contribution in [3.05, 3.63) is 30.3 Å². The maximum atomic E-state index is 5.13. The molecule has 0 aliphatic rings. The van der Waals surface area contributed by atoms with E-state index in [4.69, 9.17) is 9.47 Å². The second-order valence-corrected chi connectivity index (χ2v) is 3.12. The lowest BCUT2D eigenvalue weighted by atomic mass is 10.3. The monoisotopic (exact) mass is 195 g/mol. The SMILES string of the molecule is COC(CN(C)c1ccccc1)OC. The zero-order chi connectivity index (χ0) is 10.4. The molecule has 0 saturated heterocycles. The molecule has 78 valence electrons. The molecule has 0 spiro atoms. The van der Waals surface area contributed by atoms with Crippen molar-refractivity contribution in [3.8, 4) is 0 Å². The second kappa shape index (κ2) is 5.62. The fraction of sp³-hybridized carbons (Fsp3) is 0.455. The van der Waals surface area contributed by atoms with Crippen LogP contribution in [0.2, 0.25) is 0 Å². The summed E-state index contributed by atoms with van der Waals surface area (Å²) in [6.45, 7) is 0.719. The third-order valence-corrected chi connectivity index (χ3v) is 2.15. The largest absolute Gasteiger partial charge is 0.369 e. The molecular weight excluding hydrogens is 178 g/mol. The number of hydrogen-bond donors (Lipinski definition) is 0. The Balaban J connectivity index is 2.54. The predicted octanol–water partition coefficient (Wildman–Crippen LogP) is 1.74. The van der Waals surface area contributed by atoms with Gasteiger partial charge < -0.3 is 14.4 Å². The first kappa shape index (κ1) is 11.0. The zero-order valence-electron chi connectivity index (χ0n) is 8.93. The van der Waals surface area contributed by atoms with E-state index in [0.717, 1.165) is 12.2 Å². The van der Waals surface area contributed by atoms with Gasteiger partial charge in [0, 0.05) is 27.0 Å². The van der Waals surface area contributed by atoms with Gasteiger partial charge in [-0.2, -0.15) is 0 Å².